The highest BCUT2D eigenvalue weighted by molar-refractivity contribution is 5.85. The zero-order chi connectivity index (χ0) is 22.5. The second kappa shape index (κ2) is 10.3. The first-order valence-electron chi connectivity index (χ1n) is 11.9. The summed E-state index contributed by atoms with van der Waals surface area (Å²) in [7, 11) is 0. The first-order chi connectivity index (χ1) is 15.6. The fourth-order valence-corrected chi connectivity index (χ4v) is 4.72. The summed E-state index contributed by atoms with van der Waals surface area (Å²) in [5.41, 5.74) is 7.40. The topological polar surface area (TPSA) is 43.7 Å². The van der Waals surface area contributed by atoms with Gasteiger partial charge in [0.15, 0.2) is 0 Å². The Labute approximate surface area is 192 Å². The van der Waals surface area contributed by atoms with Crippen LogP contribution in [-0.2, 0) is 0 Å². The summed E-state index contributed by atoms with van der Waals surface area (Å²) in [4.78, 5) is 2.51. The molecule has 4 rings (SSSR count). The SMILES string of the molecule is CC(C)N1CC(c2ccc(/C(=C(/CCCO)C3=CCCC=C3)c3ccc(O)cc3)cc2)C1. The predicted octanol–water partition coefficient (Wildman–Crippen LogP) is 6.05. The van der Waals surface area contributed by atoms with Crippen LogP contribution in [0.4, 0.5) is 0 Å². The molecule has 1 fully saturated rings. The first kappa shape index (κ1) is 22.6. The van der Waals surface area contributed by atoms with Gasteiger partial charge in [0.2, 0.25) is 0 Å². The lowest BCUT2D eigenvalue weighted by Crippen LogP contribution is -2.48. The Morgan fingerprint density at radius 2 is 1.62 bits per heavy atom. The van der Waals surface area contributed by atoms with Crippen LogP contribution < -0.4 is 0 Å². The molecule has 0 bridgehead atoms. The van der Waals surface area contributed by atoms with E-state index in [-0.39, 0.29) is 12.4 Å². The number of aliphatic hydroxyl groups excluding tert-OH is 1. The molecule has 168 valence electrons. The fraction of sp³-hybridized carbons (Fsp3) is 0.379. The third-order valence-electron chi connectivity index (χ3n) is 6.70. The number of benzene rings is 2. The van der Waals surface area contributed by atoms with Crippen molar-refractivity contribution in [1.82, 2.24) is 4.90 Å². The number of rotatable bonds is 8. The normalized spacial score (nSPS) is 17.8. The maximum atomic E-state index is 9.85. The van der Waals surface area contributed by atoms with Crippen molar-refractivity contribution in [3.63, 3.8) is 0 Å². The van der Waals surface area contributed by atoms with Gasteiger partial charge in [0.05, 0.1) is 0 Å². The first-order valence-corrected chi connectivity index (χ1v) is 11.9. The zero-order valence-corrected chi connectivity index (χ0v) is 19.3. The van der Waals surface area contributed by atoms with Gasteiger partial charge in [-0.15, -0.1) is 0 Å². The van der Waals surface area contributed by atoms with Crippen molar-refractivity contribution >= 4 is 5.57 Å². The van der Waals surface area contributed by atoms with Crippen LogP contribution in [0.2, 0.25) is 0 Å². The van der Waals surface area contributed by atoms with Gasteiger partial charge in [0.1, 0.15) is 5.75 Å². The molecule has 32 heavy (non-hydrogen) atoms. The molecule has 2 aliphatic rings. The molecule has 1 aliphatic carbocycles. The van der Waals surface area contributed by atoms with Crippen LogP contribution in [0.25, 0.3) is 5.57 Å². The molecule has 3 nitrogen and oxygen atoms in total. The lowest BCUT2D eigenvalue weighted by Gasteiger charge is -2.42. The number of nitrogens with zero attached hydrogens (tertiary/aromatic N) is 1. The largest absolute Gasteiger partial charge is 0.508 e. The minimum Gasteiger partial charge on any atom is -0.508 e. The van der Waals surface area contributed by atoms with Crippen molar-refractivity contribution in [2.75, 3.05) is 19.7 Å². The Hall–Kier alpha value is -2.62. The Balaban J connectivity index is 1.73. The highest BCUT2D eigenvalue weighted by Gasteiger charge is 2.29. The van der Waals surface area contributed by atoms with Crippen LogP contribution in [0, 0.1) is 0 Å². The summed E-state index contributed by atoms with van der Waals surface area (Å²) in [6.07, 6.45) is 10.4. The van der Waals surface area contributed by atoms with Crippen molar-refractivity contribution in [3.8, 4) is 5.75 Å². The van der Waals surface area contributed by atoms with E-state index in [0.29, 0.717) is 12.0 Å². The molecule has 1 heterocycles. The van der Waals surface area contributed by atoms with Crippen LogP contribution in [0.5, 0.6) is 5.75 Å². The molecule has 0 atom stereocenters. The fourth-order valence-electron chi connectivity index (χ4n) is 4.72. The number of hydrogen-bond acceptors (Lipinski definition) is 3. The molecule has 2 N–H and O–H groups in total. The van der Waals surface area contributed by atoms with Gasteiger partial charge in [0.25, 0.3) is 0 Å². The smallest absolute Gasteiger partial charge is 0.115 e. The quantitative estimate of drug-likeness (QED) is 0.537. The van der Waals surface area contributed by atoms with Gasteiger partial charge in [-0.25, -0.2) is 0 Å². The number of likely N-dealkylation sites (tertiary alicyclic amines) is 1. The van der Waals surface area contributed by atoms with Crippen LogP contribution in [0.3, 0.4) is 0 Å². The molecule has 0 amide bonds. The van der Waals surface area contributed by atoms with Crippen molar-refractivity contribution in [2.24, 2.45) is 0 Å². The van der Waals surface area contributed by atoms with E-state index in [1.807, 2.05) is 12.1 Å². The van der Waals surface area contributed by atoms with Crippen LogP contribution in [-0.4, -0.2) is 40.9 Å². The summed E-state index contributed by atoms with van der Waals surface area (Å²) in [6, 6.07) is 17.2. The second-order valence-corrected chi connectivity index (χ2v) is 9.23. The summed E-state index contributed by atoms with van der Waals surface area (Å²) >= 11 is 0. The third kappa shape index (κ3) is 5.06. The maximum Gasteiger partial charge on any atom is 0.115 e. The average molecular weight is 430 g/mol. The highest BCUT2D eigenvalue weighted by Crippen LogP contribution is 2.37. The maximum absolute atomic E-state index is 9.85. The Kier molecular flexibility index (Phi) is 7.29. The van der Waals surface area contributed by atoms with Gasteiger partial charge < -0.3 is 10.2 Å². The van der Waals surface area contributed by atoms with E-state index in [2.05, 4.69) is 61.2 Å². The van der Waals surface area contributed by atoms with Gasteiger partial charge in [-0.05, 0) is 85.1 Å². The van der Waals surface area contributed by atoms with Crippen LogP contribution >= 0.6 is 0 Å². The van der Waals surface area contributed by atoms with Crippen molar-refractivity contribution in [1.29, 1.82) is 0 Å². The van der Waals surface area contributed by atoms with Gasteiger partial charge >= 0.3 is 0 Å². The molecule has 2 aromatic rings. The molecule has 0 radical (unpaired) electrons. The van der Waals surface area contributed by atoms with Gasteiger partial charge in [-0.2, -0.15) is 0 Å². The lowest BCUT2D eigenvalue weighted by atomic mass is 9.84. The number of aromatic hydroxyl groups is 1. The molecule has 0 spiro atoms. The number of allylic oxidation sites excluding steroid dienone is 5. The molecule has 0 saturated carbocycles. The van der Waals surface area contributed by atoms with E-state index < -0.39 is 0 Å². The minimum atomic E-state index is 0.177. The molecule has 0 aromatic heterocycles. The Bertz CT molecular complexity index is 990. The summed E-state index contributed by atoms with van der Waals surface area (Å²) < 4.78 is 0. The van der Waals surface area contributed by atoms with E-state index in [9.17, 15) is 10.2 Å². The lowest BCUT2D eigenvalue weighted by molar-refractivity contribution is 0.110. The number of hydrogen-bond donors (Lipinski definition) is 2. The van der Waals surface area contributed by atoms with E-state index in [4.69, 9.17) is 0 Å². The average Bonchev–Trinajstić information content (AvgIpc) is 2.77. The molecule has 2 aromatic carbocycles. The number of phenols is 1. The summed E-state index contributed by atoms with van der Waals surface area (Å²) in [5.74, 6) is 0.891. The van der Waals surface area contributed by atoms with E-state index >= 15 is 0 Å². The van der Waals surface area contributed by atoms with E-state index in [0.717, 1.165) is 44.3 Å². The standard InChI is InChI=1S/C29H35NO2/c1-21(2)30-19-26(20-30)22-10-12-24(13-11-22)29(25-14-16-27(32)17-15-25)28(9-6-18-31)23-7-4-3-5-8-23/h4,7-8,10-17,21,26,31-32H,3,5-6,9,18-20H2,1-2H3/b29-28+. The zero-order valence-electron chi connectivity index (χ0n) is 19.3. The predicted molar refractivity (Wildman–Crippen MR) is 133 cm³/mol. The van der Waals surface area contributed by atoms with Crippen molar-refractivity contribution < 1.29 is 10.2 Å². The Morgan fingerprint density at radius 3 is 2.19 bits per heavy atom. The molecular formula is C29H35NO2. The summed E-state index contributed by atoms with van der Waals surface area (Å²) in [5, 5.41) is 19.4. The van der Waals surface area contributed by atoms with Crippen LogP contribution in [0.15, 0.2) is 77.9 Å². The van der Waals surface area contributed by atoms with Gasteiger partial charge in [0, 0.05) is 31.7 Å². The Morgan fingerprint density at radius 1 is 0.969 bits per heavy atom. The highest BCUT2D eigenvalue weighted by atomic mass is 16.3. The molecule has 1 aliphatic heterocycles. The number of phenolic OH excluding ortho intramolecular Hbond substituents is 1. The minimum absolute atomic E-state index is 0.177. The van der Waals surface area contributed by atoms with Crippen LogP contribution in [0.1, 0.15) is 62.1 Å². The molecule has 3 heteroatoms. The summed E-state index contributed by atoms with van der Waals surface area (Å²) in [6.45, 7) is 6.97. The monoisotopic (exact) mass is 429 g/mol. The van der Waals surface area contributed by atoms with Gasteiger partial charge in [-0.1, -0.05) is 54.6 Å². The van der Waals surface area contributed by atoms with Crippen molar-refractivity contribution in [3.05, 3.63) is 94.6 Å². The second-order valence-electron chi connectivity index (χ2n) is 9.23. The number of aliphatic hydroxyl groups is 1. The van der Waals surface area contributed by atoms with Crippen molar-refractivity contribution in [2.45, 2.75) is 51.5 Å². The third-order valence-corrected chi connectivity index (χ3v) is 6.70. The van der Waals surface area contributed by atoms with E-state index in [1.54, 1.807) is 12.1 Å². The molecule has 0 unspecified atom stereocenters. The molecule has 1 saturated heterocycles. The van der Waals surface area contributed by atoms with Gasteiger partial charge in [-0.3, -0.25) is 4.90 Å². The molecular weight excluding hydrogens is 394 g/mol. The van der Waals surface area contributed by atoms with E-state index in [1.165, 1.54) is 27.8 Å².